The van der Waals surface area contributed by atoms with Crippen LogP contribution < -0.4 is 19.5 Å². The van der Waals surface area contributed by atoms with Crippen LogP contribution in [0.5, 0.6) is 11.5 Å². The first-order valence-corrected chi connectivity index (χ1v) is 20.7. The van der Waals surface area contributed by atoms with Crippen LogP contribution in [0.2, 0.25) is 0 Å². The maximum atomic E-state index is 14.2. The van der Waals surface area contributed by atoms with Crippen molar-refractivity contribution in [1.82, 2.24) is 29.8 Å². The number of pyridine rings is 1. The van der Waals surface area contributed by atoms with Crippen molar-refractivity contribution in [3.05, 3.63) is 46.8 Å². The quantitative estimate of drug-likeness (QED) is 0.150. The van der Waals surface area contributed by atoms with Gasteiger partial charge in [-0.3, -0.25) is 14.3 Å². The van der Waals surface area contributed by atoms with Crippen LogP contribution in [-0.2, 0) is 19.6 Å². The molecular formula is C38H50N6O7S2. The average Bonchev–Trinajstić information content (AvgIpc) is 4.05. The number of urea groups is 1. The minimum atomic E-state index is -3.80. The van der Waals surface area contributed by atoms with Crippen LogP contribution in [0, 0.1) is 12.8 Å². The number of fused-ring (bicyclic) bond motifs is 1. The summed E-state index contributed by atoms with van der Waals surface area (Å²) in [6.45, 7) is 12.3. The number of hydrogen-bond acceptors (Lipinski definition) is 10. The van der Waals surface area contributed by atoms with Gasteiger partial charge in [0.2, 0.25) is 15.9 Å². The van der Waals surface area contributed by atoms with Gasteiger partial charge in [-0.05, 0) is 64.0 Å². The van der Waals surface area contributed by atoms with Gasteiger partial charge in [0.1, 0.15) is 29.2 Å². The Morgan fingerprint density at radius 1 is 1.15 bits per heavy atom. The van der Waals surface area contributed by atoms with Crippen LogP contribution in [0.3, 0.4) is 0 Å². The van der Waals surface area contributed by atoms with Gasteiger partial charge in [0.05, 0.1) is 40.8 Å². The Morgan fingerprint density at radius 3 is 2.51 bits per heavy atom. The number of methoxy groups -OCH3 is 1. The Bertz CT molecular complexity index is 2010. The molecule has 15 heteroatoms. The van der Waals surface area contributed by atoms with Gasteiger partial charge in [0.15, 0.2) is 0 Å². The minimum absolute atomic E-state index is 0.104. The number of likely N-dealkylation sites (tertiary alicyclic amines) is 1. The molecule has 2 saturated carbocycles. The fraction of sp³-hybridized carbons (Fsp3) is 0.553. The summed E-state index contributed by atoms with van der Waals surface area (Å²) < 4.78 is 39.8. The molecule has 1 aliphatic heterocycles. The number of unbranched alkanes of at least 4 members (excludes halogenated alkanes) is 2. The third-order valence-electron chi connectivity index (χ3n) is 10.5. The molecule has 2 aliphatic carbocycles. The molecule has 4 amide bonds. The summed E-state index contributed by atoms with van der Waals surface area (Å²) in [7, 11) is -0.485. The third-order valence-corrected chi connectivity index (χ3v) is 13.4. The summed E-state index contributed by atoms with van der Waals surface area (Å²) in [5.41, 5.74) is 1.52. The van der Waals surface area contributed by atoms with Crippen LogP contribution >= 0.6 is 11.3 Å². The smallest absolute Gasteiger partial charge is 0.320 e. The maximum Gasteiger partial charge on any atom is 0.320 e. The second kappa shape index (κ2) is 15.2. The Balaban J connectivity index is 1.31. The number of thiazole rings is 1. The Hall–Kier alpha value is -4.24. The van der Waals surface area contributed by atoms with Crippen molar-refractivity contribution >= 4 is 50.1 Å². The molecular weight excluding hydrogens is 717 g/mol. The second-order valence-electron chi connectivity index (χ2n) is 14.9. The lowest BCUT2D eigenvalue weighted by Gasteiger charge is -2.31. The Morgan fingerprint density at radius 2 is 1.89 bits per heavy atom. The molecule has 53 heavy (non-hydrogen) atoms. The standard InChI is InChI=1S/C38H50N6O7S2/c1-8-9-10-11-18-43(6)37(47)44-20-31(24(5)33(44)34(45)41-38(16-17-38)36(46)42-53(48,49)25-12-13-25)51-30-19-27(28-21-52-35(40-28)22(2)3)39-32-23(4)29(50-7)15-14-26(30)32/h8,14-15,19,21-22,24-25,31,33H,1,9-13,16-18,20H2,2-7H3,(H,41,45)(H,42,46)/t24-,31+,33+/m1/s1. The van der Waals surface area contributed by atoms with Crippen LogP contribution in [0.4, 0.5) is 4.79 Å². The number of allylic oxidation sites excluding steroid dienone is 1. The molecule has 3 heterocycles. The molecule has 13 nitrogen and oxygen atoms in total. The van der Waals surface area contributed by atoms with E-state index < -0.39 is 50.7 Å². The largest absolute Gasteiger partial charge is 0.496 e. The normalized spacial score (nSPS) is 20.7. The number of sulfonamides is 1. The number of carbonyl (C=O) groups is 3. The van der Waals surface area contributed by atoms with E-state index in [4.69, 9.17) is 19.4 Å². The van der Waals surface area contributed by atoms with E-state index in [0.717, 1.165) is 40.9 Å². The van der Waals surface area contributed by atoms with Gasteiger partial charge in [-0.25, -0.2) is 23.2 Å². The predicted molar refractivity (Wildman–Crippen MR) is 205 cm³/mol. The van der Waals surface area contributed by atoms with E-state index in [-0.39, 0.29) is 18.5 Å². The molecule has 0 unspecified atom stereocenters. The summed E-state index contributed by atoms with van der Waals surface area (Å²) in [4.78, 5) is 54.5. The van der Waals surface area contributed by atoms with Crippen molar-refractivity contribution in [3.8, 4) is 22.9 Å². The molecule has 2 N–H and O–H groups in total. The molecule has 3 fully saturated rings. The second-order valence-corrected chi connectivity index (χ2v) is 17.7. The van der Waals surface area contributed by atoms with Gasteiger partial charge in [0, 0.05) is 47.8 Å². The Labute approximate surface area is 315 Å². The van der Waals surface area contributed by atoms with Crippen molar-refractivity contribution in [2.75, 3.05) is 27.2 Å². The highest BCUT2D eigenvalue weighted by atomic mass is 32.2. The lowest BCUT2D eigenvalue weighted by molar-refractivity contribution is -0.131. The number of nitrogens with one attached hydrogen (secondary N) is 2. The van der Waals surface area contributed by atoms with Crippen molar-refractivity contribution in [3.63, 3.8) is 0 Å². The Kier molecular flexibility index (Phi) is 11.1. The zero-order chi connectivity index (χ0) is 38.2. The SMILES string of the molecule is C=CCCCCN(C)C(=O)N1C[C@H](Oc2cc(-c3csc(C(C)C)n3)nc3c(C)c(OC)ccc23)[C@@H](C)[C@H]1C(=O)NC1(C(=O)NS(=O)(=O)C2CC2)CC1. The van der Waals surface area contributed by atoms with E-state index in [9.17, 15) is 22.8 Å². The van der Waals surface area contributed by atoms with Crippen molar-refractivity contribution in [2.45, 2.75) is 101 Å². The van der Waals surface area contributed by atoms with Gasteiger partial charge in [0.25, 0.3) is 5.91 Å². The summed E-state index contributed by atoms with van der Waals surface area (Å²) in [6.07, 6.45) is 5.29. The molecule has 2 aromatic heterocycles. The first kappa shape index (κ1) is 38.5. The number of aryl methyl sites for hydroxylation is 1. The number of nitrogens with zero attached hydrogens (tertiary/aromatic N) is 4. The third kappa shape index (κ3) is 8.01. The van der Waals surface area contributed by atoms with E-state index in [0.29, 0.717) is 54.9 Å². The molecule has 0 bridgehead atoms. The highest BCUT2D eigenvalue weighted by Gasteiger charge is 2.56. The number of rotatable bonds is 15. The molecule has 286 valence electrons. The topological polar surface area (TPSA) is 160 Å². The number of hydrogen-bond donors (Lipinski definition) is 2. The van der Waals surface area contributed by atoms with E-state index >= 15 is 0 Å². The summed E-state index contributed by atoms with van der Waals surface area (Å²) in [5, 5.41) is 5.98. The number of aromatic nitrogens is 2. The van der Waals surface area contributed by atoms with Gasteiger partial charge >= 0.3 is 6.03 Å². The van der Waals surface area contributed by atoms with Crippen molar-refractivity contribution < 1.29 is 32.3 Å². The van der Waals surface area contributed by atoms with Crippen LogP contribution in [0.25, 0.3) is 22.3 Å². The van der Waals surface area contributed by atoms with Gasteiger partial charge in [-0.1, -0.05) is 26.8 Å². The van der Waals surface area contributed by atoms with E-state index in [1.165, 1.54) is 4.90 Å². The number of carbonyl (C=O) groups excluding carboxylic acids is 3. The summed E-state index contributed by atoms with van der Waals surface area (Å²) in [6, 6.07) is 4.28. The fourth-order valence-corrected chi connectivity index (χ4v) is 9.04. The minimum Gasteiger partial charge on any atom is -0.496 e. The highest BCUT2D eigenvalue weighted by Crippen LogP contribution is 2.40. The molecule has 0 radical (unpaired) electrons. The number of benzene rings is 1. The lowest BCUT2D eigenvalue weighted by Crippen LogP contribution is -2.57. The van der Waals surface area contributed by atoms with Crippen LogP contribution in [0.1, 0.15) is 82.2 Å². The van der Waals surface area contributed by atoms with Gasteiger partial charge in [-0.2, -0.15) is 0 Å². The molecule has 1 aromatic carbocycles. The monoisotopic (exact) mass is 766 g/mol. The van der Waals surface area contributed by atoms with Crippen LogP contribution in [0.15, 0.2) is 36.2 Å². The molecule has 3 atom stereocenters. The average molecular weight is 767 g/mol. The molecule has 6 rings (SSSR count). The van der Waals surface area contributed by atoms with E-state index in [1.54, 1.807) is 30.4 Å². The zero-order valence-corrected chi connectivity index (χ0v) is 32.9. The van der Waals surface area contributed by atoms with Gasteiger partial charge in [-0.15, -0.1) is 17.9 Å². The summed E-state index contributed by atoms with van der Waals surface area (Å²) in [5.74, 6) is -0.325. The summed E-state index contributed by atoms with van der Waals surface area (Å²) >= 11 is 1.57. The first-order chi connectivity index (χ1) is 25.2. The fourth-order valence-electron chi connectivity index (χ4n) is 6.83. The zero-order valence-electron chi connectivity index (χ0n) is 31.3. The van der Waals surface area contributed by atoms with Crippen molar-refractivity contribution in [1.29, 1.82) is 0 Å². The van der Waals surface area contributed by atoms with Gasteiger partial charge < -0.3 is 24.6 Å². The molecule has 1 saturated heterocycles. The first-order valence-electron chi connectivity index (χ1n) is 18.3. The van der Waals surface area contributed by atoms with Crippen molar-refractivity contribution in [2.24, 2.45) is 5.92 Å². The number of ether oxygens (including phenoxy) is 2. The lowest BCUT2D eigenvalue weighted by atomic mass is 9.99. The number of amides is 4. The van der Waals surface area contributed by atoms with E-state index in [2.05, 4.69) is 30.5 Å². The molecule has 3 aliphatic rings. The predicted octanol–water partition coefficient (Wildman–Crippen LogP) is 5.53. The highest BCUT2D eigenvalue weighted by molar-refractivity contribution is 7.91. The van der Waals surface area contributed by atoms with E-state index in [1.807, 2.05) is 43.5 Å². The molecule has 3 aromatic rings. The molecule has 0 spiro atoms. The van der Waals surface area contributed by atoms with Crippen LogP contribution in [-0.4, -0.2) is 96.2 Å². The maximum absolute atomic E-state index is 14.2.